The molecule has 2 aliphatic heterocycles. The number of halogens is 2. The lowest BCUT2D eigenvalue weighted by Gasteiger charge is -2.37. The van der Waals surface area contributed by atoms with Crippen molar-refractivity contribution in [1.82, 2.24) is 24.3 Å². The molecule has 5 amide bonds. The van der Waals surface area contributed by atoms with Crippen molar-refractivity contribution in [2.75, 3.05) is 31.5 Å². The van der Waals surface area contributed by atoms with E-state index < -0.39 is 23.9 Å². The van der Waals surface area contributed by atoms with Gasteiger partial charge in [-0.05, 0) is 42.3 Å². The van der Waals surface area contributed by atoms with Crippen LogP contribution in [0.5, 0.6) is 0 Å². The summed E-state index contributed by atoms with van der Waals surface area (Å²) in [5, 5.41) is 3.42. The van der Waals surface area contributed by atoms with Gasteiger partial charge in [-0.1, -0.05) is 29.8 Å². The normalized spacial score (nSPS) is 17.4. The first-order valence-electron chi connectivity index (χ1n) is 12.7. The number of aromatic nitrogens is 2. The molecule has 1 aromatic heterocycles. The van der Waals surface area contributed by atoms with E-state index >= 15 is 0 Å². The zero-order chi connectivity index (χ0) is 27.5. The number of hydrogen-bond donors (Lipinski definition) is 2. The SMILES string of the molecule is NC(=O)N1CCCN(C(=O)C2Cc3ncn(Cc4ccccc4Cl)c3CN2C(=O)Nc2ccc(F)cc2)CC1. The zero-order valence-corrected chi connectivity index (χ0v) is 22.0. The molecule has 10 nitrogen and oxygen atoms in total. The predicted octanol–water partition coefficient (Wildman–Crippen LogP) is 3.30. The van der Waals surface area contributed by atoms with Gasteiger partial charge in [0.05, 0.1) is 30.8 Å². The van der Waals surface area contributed by atoms with Crippen LogP contribution in [0.25, 0.3) is 0 Å². The second kappa shape index (κ2) is 11.3. The number of hydrogen-bond acceptors (Lipinski definition) is 4. The molecule has 0 radical (unpaired) electrons. The quantitative estimate of drug-likeness (QED) is 0.515. The first-order chi connectivity index (χ1) is 18.8. The first-order valence-corrected chi connectivity index (χ1v) is 13.1. The zero-order valence-electron chi connectivity index (χ0n) is 21.2. The number of rotatable bonds is 4. The van der Waals surface area contributed by atoms with Crippen LogP contribution < -0.4 is 11.1 Å². The number of primary amides is 1. The molecular formula is C27H29ClFN7O3. The number of anilines is 1. The maximum Gasteiger partial charge on any atom is 0.322 e. The Hall–Kier alpha value is -4.12. The number of carbonyl (C=O) groups excluding carboxylic acids is 3. The lowest BCUT2D eigenvalue weighted by atomic mass is 10.0. The molecule has 1 fully saturated rings. The number of benzene rings is 2. The number of amides is 5. The van der Waals surface area contributed by atoms with Gasteiger partial charge in [0.1, 0.15) is 11.9 Å². The third-order valence-corrected chi connectivity index (χ3v) is 7.54. The van der Waals surface area contributed by atoms with Gasteiger partial charge in [0.2, 0.25) is 5.91 Å². The van der Waals surface area contributed by atoms with Gasteiger partial charge < -0.3 is 30.3 Å². The Morgan fingerprint density at radius 1 is 1.03 bits per heavy atom. The molecule has 2 aliphatic rings. The van der Waals surface area contributed by atoms with Crippen molar-refractivity contribution in [3.05, 3.63) is 82.6 Å². The Labute approximate surface area is 230 Å². The summed E-state index contributed by atoms with van der Waals surface area (Å²) in [4.78, 5) is 48.3. The highest BCUT2D eigenvalue weighted by molar-refractivity contribution is 6.31. The van der Waals surface area contributed by atoms with E-state index in [0.29, 0.717) is 49.9 Å². The lowest BCUT2D eigenvalue weighted by Crippen LogP contribution is -2.55. The van der Waals surface area contributed by atoms with Crippen LogP contribution in [0.3, 0.4) is 0 Å². The molecule has 0 bridgehead atoms. The van der Waals surface area contributed by atoms with Crippen LogP contribution in [0.4, 0.5) is 19.7 Å². The summed E-state index contributed by atoms with van der Waals surface area (Å²) in [7, 11) is 0. The maximum absolute atomic E-state index is 13.8. The van der Waals surface area contributed by atoms with E-state index in [4.69, 9.17) is 17.3 Å². The largest absolute Gasteiger partial charge is 0.351 e. The molecule has 12 heteroatoms. The Bertz CT molecular complexity index is 1380. The van der Waals surface area contributed by atoms with E-state index in [1.54, 1.807) is 11.2 Å². The minimum absolute atomic E-state index is 0.143. The van der Waals surface area contributed by atoms with E-state index in [1.165, 1.54) is 34.1 Å². The third kappa shape index (κ3) is 5.83. The monoisotopic (exact) mass is 553 g/mol. The van der Waals surface area contributed by atoms with Gasteiger partial charge in [-0.3, -0.25) is 4.79 Å². The minimum atomic E-state index is -0.804. The smallest absolute Gasteiger partial charge is 0.322 e. The van der Waals surface area contributed by atoms with E-state index in [2.05, 4.69) is 10.3 Å². The van der Waals surface area contributed by atoms with Crippen molar-refractivity contribution in [2.45, 2.75) is 32.0 Å². The van der Waals surface area contributed by atoms with E-state index in [-0.39, 0.29) is 18.9 Å². The van der Waals surface area contributed by atoms with Crippen LogP contribution in [-0.2, 0) is 24.3 Å². The Morgan fingerprint density at radius 3 is 2.49 bits per heavy atom. The average Bonchev–Trinajstić information content (AvgIpc) is 3.14. The van der Waals surface area contributed by atoms with Crippen molar-refractivity contribution in [3.63, 3.8) is 0 Å². The van der Waals surface area contributed by atoms with E-state index in [9.17, 15) is 18.8 Å². The molecule has 2 aromatic carbocycles. The molecular weight excluding hydrogens is 525 g/mol. The number of nitrogens with one attached hydrogen (secondary N) is 1. The summed E-state index contributed by atoms with van der Waals surface area (Å²) in [6.07, 6.45) is 2.52. The summed E-state index contributed by atoms with van der Waals surface area (Å²) < 4.78 is 15.4. The standard InChI is InChI=1S/C27H29ClFN7O3/c28-21-5-2-1-4-18(21)15-35-17-31-22-14-23(25(37)33-10-3-11-34(13-12-33)26(30)38)36(16-24(22)35)27(39)32-20-8-6-19(29)7-9-20/h1-2,4-9,17,23H,3,10-16H2,(H2,30,38)(H,32,39). The molecule has 0 aliphatic carbocycles. The second-order valence-electron chi connectivity index (χ2n) is 9.65. The molecule has 3 aromatic rings. The maximum atomic E-state index is 13.8. The summed E-state index contributed by atoms with van der Waals surface area (Å²) in [5.74, 6) is -0.639. The van der Waals surface area contributed by atoms with Gasteiger partial charge in [0.15, 0.2) is 0 Å². The Morgan fingerprint density at radius 2 is 1.74 bits per heavy atom. The van der Waals surface area contributed by atoms with Gasteiger partial charge in [-0.15, -0.1) is 0 Å². The highest BCUT2D eigenvalue weighted by Crippen LogP contribution is 2.27. The number of nitrogens with two attached hydrogens (primary N) is 1. The average molecular weight is 554 g/mol. The third-order valence-electron chi connectivity index (χ3n) is 7.17. The Balaban J connectivity index is 1.42. The number of carbonyl (C=O) groups is 3. The molecule has 3 N–H and O–H groups in total. The fraction of sp³-hybridized carbons (Fsp3) is 0.333. The molecule has 1 unspecified atom stereocenters. The number of urea groups is 2. The molecule has 1 saturated heterocycles. The van der Waals surface area contributed by atoms with Crippen molar-refractivity contribution in [1.29, 1.82) is 0 Å². The van der Waals surface area contributed by atoms with Gasteiger partial charge >= 0.3 is 12.1 Å². The van der Waals surface area contributed by atoms with Crippen molar-refractivity contribution in [2.24, 2.45) is 5.73 Å². The van der Waals surface area contributed by atoms with Crippen LogP contribution in [0, 0.1) is 5.82 Å². The fourth-order valence-corrected chi connectivity index (χ4v) is 5.24. The first kappa shape index (κ1) is 26.5. The van der Waals surface area contributed by atoms with Gasteiger partial charge in [0, 0.05) is 43.3 Å². The fourth-order valence-electron chi connectivity index (χ4n) is 5.04. The van der Waals surface area contributed by atoms with Gasteiger partial charge in [-0.25, -0.2) is 19.0 Å². The number of fused-ring (bicyclic) bond motifs is 1. The summed E-state index contributed by atoms with van der Waals surface area (Å²) in [5.41, 5.74) is 8.31. The molecule has 0 spiro atoms. The molecule has 1 atom stereocenters. The topological polar surface area (TPSA) is 117 Å². The second-order valence-corrected chi connectivity index (χ2v) is 10.1. The number of nitrogens with zero attached hydrogens (tertiary/aromatic N) is 5. The van der Waals surface area contributed by atoms with E-state index in [1.807, 2.05) is 28.8 Å². The van der Waals surface area contributed by atoms with Crippen molar-refractivity contribution < 1.29 is 18.8 Å². The van der Waals surface area contributed by atoms with Crippen LogP contribution in [-0.4, -0.2) is 74.4 Å². The van der Waals surface area contributed by atoms with Crippen LogP contribution in [0.15, 0.2) is 54.9 Å². The summed E-state index contributed by atoms with van der Waals surface area (Å²) in [6.45, 7) is 2.16. The number of imidazole rings is 1. The summed E-state index contributed by atoms with van der Waals surface area (Å²) >= 11 is 6.38. The van der Waals surface area contributed by atoms with Crippen molar-refractivity contribution >= 4 is 35.3 Å². The molecule has 204 valence electrons. The lowest BCUT2D eigenvalue weighted by molar-refractivity contribution is -0.136. The molecule has 5 rings (SSSR count). The highest BCUT2D eigenvalue weighted by atomic mass is 35.5. The minimum Gasteiger partial charge on any atom is -0.351 e. The molecule has 39 heavy (non-hydrogen) atoms. The van der Waals surface area contributed by atoms with Gasteiger partial charge in [-0.2, -0.15) is 0 Å². The molecule has 3 heterocycles. The summed E-state index contributed by atoms with van der Waals surface area (Å²) in [6, 6.07) is 11.2. The van der Waals surface area contributed by atoms with Crippen LogP contribution in [0.2, 0.25) is 5.02 Å². The van der Waals surface area contributed by atoms with Crippen molar-refractivity contribution in [3.8, 4) is 0 Å². The van der Waals surface area contributed by atoms with Crippen LogP contribution >= 0.6 is 11.6 Å². The van der Waals surface area contributed by atoms with Gasteiger partial charge in [0.25, 0.3) is 0 Å². The molecule has 0 saturated carbocycles. The predicted molar refractivity (Wildman–Crippen MR) is 144 cm³/mol. The van der Waals surface area contributed by atoms with E-state index in [0.717, 1.165) is 17.0 Å². The Kier molecular flexibility index (Phi) is 7.69. The highest BCUT2D eigenvalue weighted by Gasteiger charge is 2.39. The van der Waals surface area contributed by atoms with Crippen LogP contribution in [0.1, 0.15) is 23.4 Å².